The molecule has 1 rings (SSSR count). The van der Waals surface area contributed by atoms with Gasteiger partial charge in [-0.1, -0.05) is 0 Å². The smallest absolute Gasteiger partial charge is 0.257 e. The Hall–Kier alpha value is -1.66. The molecule has 1 aromatic carbocycles. The molecule has 0 fully saturated rings. The predicted molar refractivity (Wildman–Crippen MR) is 78.7 cm³/mol. The largest absolute Gasteiger partial charge is 0.497 e. The number of quaternary nitrogens is 1. The van der Waals surface area contributed by atoms with Gasteiger partial charge in [0.15, 0.2) is 5.11 Å². The molecule has 6 heteroatoms. The molecule has 0 saturated carbocycles. The second kappa shape index (κ2) is 7.70. The average Bonchev–Trinajstić information content (AvgIpc) is 2.38. The summed E-state index contributed by atoms with van der Waals surface area (Å²) >= 11 is 5.05. The molecule has 19 heavy (non-hydrogen) atoms. The average molecular weight is 282 g/mol. The van der Waals surface area contributed by atoms with Crippen LogP contribution >= 0.6 is 12.2 Å². The van der Waals surface area contributed by atoms with Crippen LogP contribution < -0.4 is 20.3 Å². The maximum atomic E-state index is 11.9. The van der Waals surface area contributed by atoms with Crippen LogP contribution in [-0.4, -0.2) is 45.3 Å². The van der Waals surface area contributed by atoms with E-state index in [2.05, 4.69) is 24.7 Å². The third kappa shape index (κ3) is 5.67. The van der Waals surface area contributed by atoms with Crippen LogP contribution in [0.4, 0.5) is 0 Å². The van der Waals surface area contributed by atoms with Crippen LogP contribution in [0.3, 0.4) is 0 Å². The fraction of sp³-hybridized carbons (Fsp3) is 0.385. The number of carbonyl (C=O) groups is 1. The summed E-state index contributed by atoms with van der Waals surface area (Å²) in [7, 11) is 5.70. The number of methoxy groups -OCH3 is 1. The van der Waals surface area contributed by atoms with Gasteiger partial charge in [0.2, 0.25) is 0 Å². The number of thiocarbonyl (C=S) groups is 1. The van der Waals surface area contributed by atoms with Gasteiger partial charge in [-0.15, -0.1) is 0 Å². The van der Waals surface area contributed by atoms with E-state index >= 15 is 0 Å². The first-order valence-corrected chi connectivity index (χ1v) is 6.46. The minimum absolute atomic E-state index is 0.225. The highest BCUT2D eigenvalue weighted by Crippen LogP contribution is 2.10. The lowest BCUT2D eigenvalue weighted by atomic mass is 10.2. The molecule has 1 amide bonds. The van der Waals surface area contributed by atoms with Gasteiger partial charge in [-0.25, -0.2) is 0 Å². The highest BCUT2D eigenvalue weighted by molar-refractivity contribution is 7.80. The molecule has 5 nitrogen and oxygen atoms in total. The summed E-state index contributed by atoms with van der Waals surface area (Å²) in [5.74, 6) is 0.489. The number of ether oxygens (including phenoxy) is 1. The van der Waals surface area contributed by atoms with Crippen molar-refractivity contribution in [2.45, 2.75) is 0 Å². The van der Waals surface area contributed by atoms with Gasteiger partial charge >= 0.3 is 0 Å². The number of hydrogen-bond donors (Lipinski definition) is 3. The molecule has 0 saturated heterocycles. The quantitative estimate of drug-likeness (QED) is 0.634. The fourth-order valence-corrected chi connectivity index (χ4v) is 1.58. The first-order chi connectivity index (χ1) is 9.02. The van der Waals surface area contributed by atoms with Crippen molar-refractivity contribution >= 4 is 23.2 Å². The highest BCUT2D eigenvalue weighted by Gasteiger charge is 2.07. The Bertz CT molecular complexity index is 432. The lowest BCUT2D eigenvalue weighted by Crippen LogP contribution is -3.06. The molecule has 0 heterocycles. The SMILES string of the molecule is COc1ccc(C(=O)NC(=S)NCC[NH+](C)C)cc1. The van der Waals surface area contributed by atoms with Crippen LogP contribution in [0.25, 0.3) is 0 Å². The Morgan fingerprint density at radius 3 is 2.47 bits per heavy atom. The number of likely N-dealkylation sites (N-methyl/N-ethyl adjacent to an activating group) is 1. The zero-order valence-corrected chi connectivity index (χ0v) is 12.3. The Kier molecular flexibility index (Phi) is 6.24. The molecule has 0 radical (unpaired) electrons. The number of carbonyl (C=O) groups excluding carboxylic acids is 1. The molecule has 0 aliphatic rings. The van der Waals surface area contributed by atoms with Crippen molar-refractivity contribution in [1.82, 2.24) is 10.6 Å². The van der Waals surface area contributed by atoms with Crippen molar-refractivity contribution in [1.29, 1.82) is 0 Å². The van der Waals surface area contributed by atoms with E-state index in [0.717, 1.165) is 13.1 Å². The Morgan fingerprint density at radius 1 is 1.32 bits per heavy atom. The third-order valence-electron chi connectivity index (χ3n) is 2.49. The van der Waals surface area contributed by atoms with Crippen molar-refractivity contribution in [2.75, 3.05) is 34.3 Å². The van der Waals surface area contributed by atoms with E-state index in [-0.39, 0.29) is 5.91 Å². The Morgan fingerprint density at radius 2 is 1.95 bits per heavy atom. The van der Waals surface area contributed by atoms with Crippen LogP contribution in [0.1, 0.15) is 10.4 Å². The molecule has 0 aliphatic heterocycles. The van der Waals surface area contributed by atoms with Gasteiger partial charge in [0.05, 0.1) is 34.3 Å². The second-order valence-electron chi connectivity index (χ2n) is 4.40. The van der Waals surface area contributed by atoms with Gasteiger partial charge in [0, 0.05) is 5.56 Å². The number of benzene rings is 1. The summed E-state index contributed by atoms with van der Waals surface area (Å²) in [6.07, 6.45) is 0. The molecule has 3 N–H and O–H groups in total. The standard InChI is InChI=1S/C13H19N3O2S/c1-16(2)9-8-14-13(19)15-12(17)10-4-6-11(18-3)7-5-10/h4-7H,8-9H2,1-3H3,(H2,14,15,17,19)/p+1. The summed E-state index contributed by atoms with van der Waals surface area (Å²) in [5, 5.41) is 5.98. The lowest BCUT2D eigenvalue weighted by Gasteiger charge is -2.11. The van der Waals surface area contributed by atoms with Gasteiger partial charge in [-0.2, -0.15) is 0 Å². The van der Waals surface area contributed by atoms with E-state index in [9.17, 15) is 4.79 Å². The van der Waals surface area contributed by atoms with Gasteiger partial charge < -0.3 is 15.0 Å². The van der Waals surface area contributed by atoms with E-state index in [4.69, 9.17) is 17.0 Å². The summed E-state index contributed by atoms with van der Waals surface area (Å²) in [4.78, 5) is 13.2. The molecule has 1 aromatic rings. The van der Waals surface area contributed by atoms with Crippen molar-refractivity contribution in [3.63, 3.8) is 0 Å². The Labute approximate surface area is 118 Å². The van der Waals surface area contributed by atoms with Gasteiger partial charge in [-0.3, -0.25) is 10.1 Å². The molecule has 0 atom stereocenters. The maximum absolute atomic E-state index is 11.9. The molecular formula is C13H20N3O2S+. The molecule has 0 aliphatic carbocycles. The van der Waals surface area contributed by atoms with E-state index in [1.165, 1.54) is 4.90 Å². The van der Waals surface area contributed by atoms with E-state index < -0.39 is 0 Å². The van der Waals surface area contributed by atoms with Crippen LogP contribution in [0.5, 0.6) is 5.75 Å². The summed E-state index contributed by atoms with van der Waals surface area (Å²) < 4.78 is 5.03. The van der Waals surface area contributed by atoms with Crippen molar-refractivity contribution in [2.24, 2.45) is 0 Å². The highest BCUT2D eigenvalue weighted by atomic mass is 32.1. The van der Waals surface area contributed by atoms with Crippen LogP contribution in [0.15, 0.2) is 24.3 Å². The predicted octanol–water partition coefficient (Wildman–Crippen LogP) is -0.556. The summed E-state index contributed by atoms with van der Waals surface area (Å²) in [5.41, 5.74) is 0.545. The summed E-state index contributed by atoms with van der Waals surface area (Å²) in [6, 6.07) is 6.86. The van der Waals surface area contributed by atoms with Crippen LogP contribution in [0, 0.1) is 0 Å². The van der Waals surface area contributed by atoms with E-state index in [0.29, 0.717) is 16.4 Å². The summed E-state index contributed by atoms with van der Waals surface area (Å²) in [6.45, 7) is 1.66. The number of hydrogen-bond acceptors (Lipinski definition) is 3. The zero-order chi connectivity index (χ0) is 14.3. The molecule has 104 valence electrons. The van der Waals surface area contributed by atoms with Crippen molar-refractivity contribution < 1.29 is 14.4 Å². The number of amides is 1. The molecule has 0 bridgehead atoms. The lowest BCUT2D eigenvalue weighted by molar-refractivity contribution is -0.856. The molecular weight excluding hydrogens is 262 g/mol. The van der Waals surface area contributed by atoms with Gasteiger partial charge in [0.1, 0.15) is 5.75 Å². The minimum atomic E-state index is -0.225. The van der Waals surface area contributed by atoms with Crippen molar-refractivity contribution in [3.8, 4) is 5.75 Å². The molecule has 0 unspecified atom stereocenters. The second-order valence-corrected chi connectivity index (χ2v) is 4.80. The molecule has 0 aromatic heterocycles. The first kappa shape index (κ1) is 15.4. The van der Waals surface area contributed by atoms with Gasteiger partial charge in [-0.05, 0) is 36.5 Å². The van der Waals surface area contributed by atoms with Gasteiger partial charge in [0.25, 0.3) is 5.91 Å². The fourth-order valence-electron chi connectivity index (χ4n) is 1.39. The van der Waals surface area contributed by atoms with E-state index in [1.54, 1.807) is 31.4 Å². The minimum Gasteiger partial charge on any atom is -0.497 e. The monoisotopic (exact) mass is 282 g/mol. The Balaban J connectivity index is 2.42. The number of rotatable bonds is 5. The van der Waals surface area contributed by atoms with E-state index in [1.807, 2.05) is 0 Å². The first-order valence-electron chi connectivity index (χ1n) is 6.05. The normalized spacial score (nSPS) is 10.1. The molecule has 0 spiro atoms. The van der Waals surface area contributed by atoms with Crippen molar-refractivity contribution in [3.05, 3.63) is 29.8 Å². The topological polar surface area (TPSA) is 54.8 Å². The zero-order valence-electron chi connectivity index (χ0n) is 11.4. The van der Waals surface area contributed by atoms with Crippen LogP contribution in [-0.2, 0) is 0 Å². The third-order valence-corrected chi connectivity index (χ3v) is 2.74. The number of nitrogens with one attached hydrogen (secondary N) is 3. The maximum Gasteiger partial charge on any atom is 0.257 e. The van der Waals surface area contributed by atoms with Crippen LogP contribution in [0.2, 0.25) is 0 Å².